The van der Waals surface area contributed by atoms with Crippen molar-refractivity contribution in [2.45, 2.75) is 6.04 Å². The van der Waals surface area contributed by atoms with E-state index in [1.165, 1.54) is 0 Å². The van der Waals surface area contributed by atoms with Gasteiger partial charge in [-0.05, 0) is 0 Å². The summed E-state index contributed by atoms with van der Waals surface area (Å²) in [4.78, 5) is 20.8. The predicted octanol–water partition coefficient (Wildman–Crippen LogP) is -1.92. The van der Waals surface area contributed by atoms with Gasteiger partial charge in [0, 0.05) is 0 Å². The third-order valence-electron chi connectivity index (χ3n) is 1.24. The summed E-state index contributed by atoms with van der Waals surface area (Å²) in [7, 11) is -3.77. The topological polar surface area (TPSA) is 113 Å². The molecule has 2 amide bonds. The van der Waals surface area contributed by atoms with Crippen molar-refractivity contribution < 1.29 is 23.1 Å². The van der Waals surface area contributed by atoms with E-state index in [1.807, 2.05) is 5.32 Å². The highest BCUT2D eigenvalue weighted by Crippen LogP contribution is 1.97. The maximum atomic E-state index is 10.7. The van der Waals surface area contributed by atoms with Gasteiger partial charge in [0.2, 0.25) is 10.0 Å². The van der Waals surface area contributed by atoms with Crippen LogP contribution in [0.1, 0.15) is 0 Å². The molecule has 68 valence electrons. The van der Waals surface area contributed by atoms with E-state index in [-0.39, 0.29) is 0 Å². The fourth-order valence-corrected chi connectivity index (χ4v) is 1.85. The monoisotopic (exact) mass is 194 g/mol. The molecule has 1 aliphatic rings. The number of hydrogen-bond acceptors (Lipinski definition) is 4. The van der Waals surface area contributed by atoms with Gasteiger partial charge < -0.3 is 10.4 Å². The normalized spacial score (nSPS) is 27.0. The molecule has 8 heteroatoms. The molecule has 0 aromatic heterocycles. The van der Waals surface area contributed by atoms with Gasteiger partial charge in [0.05, 0.1) is 0 Å². The number of rotatable bonds is 1. The Hall–Kier alpha value is -1.31. The molecule has 0 aliphatic carbocycles. The quantitative estimate of drug-likeness (QED) is 0.450. The summed E-state index contributed by atoms with van der Waals surface area (Å²) in [5.41, 5.74) is 0. The lowest BCUT2D eigenvalue weighted by Gasteiger charge is -2.20. The summed E-state index contributed by atoms with van der Waals surface area (Å²) in [6.45, 7) is 0. The number of hydrogen-bond donors (Lipinski definition) is 3. The summed E-state index contributed by atoms with van der Waals surface area (Å²) in [5, 5.41) is 10.3. The molecular formula is C4H6N2O5S. The van der Waals surface area contributed by atoms with E-state index in [0.29, 0.717) is 0 Å². The van der Waals surface area contributed by atoms with Crippen LogP contribution in [0.5, 0.6) is 0 Å². The largest absolute Gasteiger partial charge is 0.480 e. The Bertz CT molecular complexity index is 320. The summed E-state index contributed by atoms with van der Waals surface area (Å²) in [6, 6.07) is -2.36. The second-order valence-electron chi connectivity index (χ2n) is 2.25. The van der Waals surface area contributed by atoms with Crippen molar-refractivity contribution in [1.82, 2.24) is 10.0 Å². The Morgan fingerprint density at radius 1 is 1.58 bits per heavy atom. The smallest absolute Gasteiger partial charge is 0.329 e. The number of carbonyl (C=O) groups is 2. The molecule has 3 N–H and O–H groups in total. The van der Waals surface area contributed by atoms with Gasteiger partial charge in [-0.1, -0.05) is 0 Å². The van der Waals surface area contributed by atoms with Gasteiger partial charge in [-0.3, -0.25) is 0 Å². The minimum atomic E-state index is -3.77. The first kappa shape index (κ1) is 8.78. The minimum Gasteiger partial charge on any atom is -0.480 e. The van der Waals surface area contributed by atoms with Crippen LogP contribution < -0.4 is 10.0 Å². The van der Waals surface area contributed by atoms with Crippen LogP contribution in [-0.4, -0.2) is 37.3 Å². The molecule has 12 heavy (non-hydrogen) atoms. The number of urea groups is 1. The summed E-state index contributed by atoms with van der Waals surface area (Å²) in [5.74, 6) is -2.00. The third kappa shape index (κ3) is 1.84. The highest BCUT2D eigenvalue weighted by molar-refractivity contribution is 7.90. The van der Waals surface area contributed by atoms with E-state index in [9.17, 15) is 18.0 Å². The van der Waals surface area contributed by atoms with E-state index < -0.39 is 33.8 Å². The average Bonchev–Trinajstić information content (AvgIpc) is 1.82. The maximum absolute atomic E-state index is 10.7. The summed E-state index contributed by atoms with van der Waals surface area (Å²) >= 11 is 0. The van der Waals surface area contributed by atoms with E-state index in [0.717, 1.165) is 0 Å². The van der Waals surface area contributed by atoms with Gasteiger partial charge in [-0.2, -0.15) is 0 Å². The standard InChI is InChI=1S/C4H6N2O5S/c7-3(8)2-1-12(10,11)6-4(9)5-2/h2H,1H2,(H,7,8)(H2,5,6,9). The molecule has 1 atom stereocenters. The molecule has 0 bridgehead atoms. The molecule has 1 rings (SSSR count). The van der Waals surface area contributed by atoms with Crippen molar-refractivity contribution in [2.75, 3.05) is 5.75 Å². The van der Waals surface area contributed by atoms with Gasteiger partial charge in [0.1, 0.15) is 11.8 Å². The van der Waals surface area contributed by atoms with Crippen molar-refractivity contribution in [3.05, 3.63) is 0 Å². The first-order valence-corrected chi connectivity index (χ1v) is 4.60. The number of aliphatic carboxylic acids is 1. The molecule has 1 unspecified atom stereocenters. The SMILES string of the molecule is O=C1NC(C(=O)O)CS(=O)(=O)N1. The minimum absolute atomic E-state index is 0.631. The highest BCUT2D eigenvalue weighted by atomic mass is 32.2. The van der Waals surface area contributed by atoms with Crippen LogP contribution in [-0.2, 0) is 14.8 Å². The summed E-state index contributed by atoms with van der Waals surface area (Å²) in [6.07, 6.45) is 0. The van der Waals surface area contributed by atoms with E-state index in [2.05, 4.69) is 0 Å². The fourth-order valence-electron chi connectivity index (χ4n) is 0.765. The van der Waals surface area contributed by atoms with Crippen LogP contribution in [0.4, 0.5) is 4.79 Å². The van der Waals surface area contributed by atoms with Crippen LogP contribution in [0.3, 0.4) is 0 Å². The van der Waals surface area contributed by atoms with Gasteiger partial charge in [0.15, 0.2) is 0 Å². The number of sulfonamides is 1. The van der Waals surface area contributed by atoms with Crippen molar-refractivity contribution >= 4 is 22.0 Å². The molecular weight excluding hydrogens is 188 g/mol. The van der Waals surface area contributed by atoms with Crippen molar-refractivity contribution in [2.24, 2.45) is 0 Å². The Kier molecular flexibility index (Phi) is 1.92. The van der Waals surface area contributed by atoms with Crippen LogP contribution >= 0.6 is 0 Å². The van der Waals surface area contributed by atoms with Crippen LogP contribution in [0.2, 0.25) is 0 Å². The molecule has 1 fully saturated rings. The second-order valence-corrected chi connectivity index (χ2v) is 4.01. The first-order chi connectivity index (χ1) is 5.41. The van der Waals surface area contributed by atoms with E-state index in [4.69, 9.17) is 5.11 Å². The number of carboxylic acid groups (broad SMARTS) is 1. The Morgan fingerprint density at radius 3 is 2.58 bits per heavy atom. The van der Waals surface area contributed by atoms with Crippen LogP contribution in [0, 0.1) is 0 Å². The molecule has 7 nitrogen and oxygen atoms in total. The zero-order valence-electron chi connectivity index (χ0n) is 5.77. The van der Waals surface area contributed by atoms with Crippen LogP contribution in [0.15, 0.2) is 0 Å². The molecule has 0 saturated carbocycles. The Labute approximate surface area is 67.8 Å². The molecule has 1 saturated heterocycles. The van der Waals surface area contributed by atoms with Gasteiger partial charge in [0.25, 0.3) is 0 Å². The molecule has 0 aromatic carbocycles. The number of amides is 2. The third-order valence-corrected chi connectivity index (χ3v) is 2.51. The predicted molar refractivity (Wildman–Crippen MR) is 36.9 cm³/mol. The van der Waals surface area contributed by atoms with E-state index >= 15 is 0 Å². The van der Waals surface area contributed by atoms with Gasteiger partial charge >= 0.3 is 12.0 Å². The van der Waals surface area contributed by atoms with Crippen molar-refractivity contribution in [1.29, 1.82) is 0 Å². The Morgan fingerprint density at radius 2 is 2.17 bits per heavy atom. The zero-order chi connectivity index (χ0) is 9.35. The number of nitrogens with one attached hydrogen (secondary N) is 2. The van der Waals surface area contributed by atoms with Gasteiger partial charge in [-0.15, -0.1) is 0 Å². The maximum Gasteiger partial charge on any atom is 0.329 e. The average molecular weight is 194 g/mol. The van der Waals surface area contributed by atoms with Crippen molar-refractivity contribution in [3.8, 4) is 0 Å². The van der Waals surface area contributed by atoms with Crippen molar-refractivity contribution in [3.63, 3.8) is 0 Å². The fraction of sp³-hybridized carbons (Fsp3) is 0.500. The number of carbonyl (C=O) groups excluding carboxylic acids is 1. The summed E-state index contributed by atoms with van der Waals surface area (Å²) < 4.78 is 23.1. The molecule has 0 spiro atoms. The zero-order valence-corrected chi connectivity index (χ0v) is 6.59. The van der Waals surface area contributed by atoms with Crippen LogP contribution in [0.25, 0.3) is 0 Å². The molecule has 1 aliphatic heterocycles. The molecule has 0 aromatic rings. The molecule has 0 radical (unpaired) electrons. The lowest BCUT2D eigenvalue weighted by Crippen LogP contribution is -2.57. The number of carboxylic acids is 1. The first-order valence-electron chi connectivity index (χ1n) is 2.94. The lowest BCUT2D eigenvalue weighted by atomic mass is 10.3. The van der Waals surface area contributed by atoms with E-state index in [1.54, 1.807) is 4.72 Å². The second kappa shape index (κ2) is 2.63. The molecule has 1 heterocycles. The highest BCUT2D eigenvalue weighted by Gasteiger charge is 2.33. The van der Waals surface area contributed by atoms with Gasteiger partial charge in [-0.25, -0.2) is 22.7 Å². The Balaban J connectivity index is 2.85. The lowest BCUT2D eigenvalue weighted by molar-refractivity contribution is -0.138.